The van der Waals surface area contributed by atoms with E-state index in [1.807, 2.05) is 12.1 Å². The first-order valence-corrected chi connectivity index (χ1v) is 5.18. The van der Waals surface area contributed by atoms with Gasteiger partial charge >= 0.3 is 0 Å². The molecule has 0 aromatic heterocycles. The highest BCUT2D eigenvalue weighted by molar-refractivity contribution is 6.32. The molecule has 1 aliphatic heterocycles. The van der Waals surface area contributed by atoms with Gasteiger partial charge < -0.3 is 10.1 Å². The summed E-state index contributed by atoms with van der Waals surface area (Å²) >= 11 is 6.04. The molecule has 1 heterocycles. The molecular formula is C11H14ClNO. The fourth-order valence-electron chi connectivity index (χ4n) is 1.80. The average Bonchev–Trinajstić information content (AvgIpc) is 2.13. The second-order valence-electron chi connectivity index (χ2n) is 3.75. The summed E-state index contributed by atoms with van der Waals surface area (Å²) in [7, 11) is 1.63. The molecule has 1 fully saturated rings. The van der Waals surface area contributed by atoms with Gasteiger partial charge in [0.1, 0.15) is 5.75 Å². The Bertz CT molecular complexity index is 334. The van der Waals surface area contributed by atoms with Crippen LogP contribution in [-0.2, 0) is 0 Å². The maximum atomic E-state index is 6.04. The van der Waals surface area contributed by atoms with Crippen molar-refractivity contribution < 1.29 is 4.74 Å². The first-order chi connectivity index (χ1) is 6.70. The normalized spacial score (nSPS) is 25.6. The molecule has 2 unspecified atom stereocenters. The number of halogens is 1. The van der Waals surface area contributed by atoms with E-state index in [0.29, 0.717) is 17.1 Å². The van der Waals surface area contributed by atoms with Gasteiger partial charge in [0.25, 0.3) is 0 Å². The molecule has 1 aliphatic rings. The molecule has 0 bridgehead atoms. The monoisotopic (exact) mass is 211 g/mol. The zero-order chi connectivity index (χ0) is 10.1. The van der Waals surface area contributed by atoms with Crippen molar-refractivity contribution in [1.82, 2.24) is 5.32 Å². The quantitative estimate of drug-likeness (QED) is 0.813. The predicted octanol–water partition coefficient (Wildman–Crippen LogP) is 2.77. The van der Waals surface area contributed by atoms with E-state index in [-0.39, 0.29) is 0 Å². The molecule has 2 rings (SSSR count). The minimum absolute atomic E-state index is 0.466. The summed E-state index contributed by atoms with van der Waals surface area (Å²) in [5.74, 6) is 0.739. The summed E-state index contributed by atoms with van der Waals surface area (Å²) in [5, 5.41) is 4.11. The molecule has 0 amide bonds. The molecule has 1 N–H and O–H groups in total. The molecule has 0 spiro atoms. The van der Waals surface area contributed by atoms with Crippen LogP contribution in [0.2, 0.25) is 5.02 Å². The molecule has 0 saturated carbocycles. The highest BCUT2D eigenvalue weighted by atomic mass is 35.5. The van der Waals surface area contributed by atoms with Gasteiger partial charge in [-0.1, -0.05) is 17.7 Å². The third-order valence-corrected chi connectivity index (χ3v) is 2.95. The Morgan fingerprint density at radius 3 is 2.71 bits per heavy atom. The average molecular weight is 212 g/mol. The second-order valence-corrected chi connectivity index (χ2v) is 4.16. The van der Waals surface area contributed by atoms with E-state index < -0.39 is 0 Å². The molecule has 0 radical (unpaired) electrons. The molecule has 1 saturated heterocycles. The Kier molecular flexibility index (Phi) is 2.66. The number of ether oxygens (including phenoxy) is 1. The van der Waals surface area contributed by atoms with E-state index >= 15 is 0 Å². The van der Waals surface area contributed by atoms with Crippen LogP contribution >= 0.6 is 11.6 Å². The van der Waals surface area contributed by atoms with E-state index in [9.17, 15) is 0 Å². The van der Waals surface area contributed by atoms with Crippen molar-refractivity contribution in [3.8, 4) is 5.75 Å². The van der Waals surface area contributed by atoms with Gasteiger partial charge in [-0.2, -0.15) is 0 Å². The summed E-state index contributed by atoms with van der Waals surface area (Å²) in [6.45, 7) is 2.18. The Morgan fingerprint density at radius 1 is 1.50 bits per heavy atom. The van der Waals surface area contributed by atoms with Crippen LogP contribution < -0.4 is 10.1 Å². The van der Waals surface area contributed by atoms with Crippen molar-refractivity contribution in [2.24, 2.45) is 0 Å². The summed E-state index contributed by atoms with van der Waals surface area (Å²) < 4.78 is 5.10. The van der Waals surface area contributed by atoms with Crippen LogP contribution in [0.5, 0.6) is 5.75 Å². The zero-order valence-corrected chi connectivity index (χ0v) is 9.14. The lowest BCUT2D eigenvalue weighted by Crippen LogP contribution is -2.43. The minimum Gasteiger partial charge on any atom is -0.495 e. The Hall–Kier alpha value is -0.730. The highest BCUT2D eigenvalue weighted by Gasteiger charge is 2.25. The van der Waals surface area contributed by atoms with Crippen molar-refractivity contribution in [1.29, 1.82) is 0 Å². The molecule has 1 aromatic rings. The first kappa shape index (κ1) is 9.81. The van der Waals surface area contributed by atoms with Gasteiger partial charge in [0, 0.05) is 12.1 Å². The maximum Gasteiger partial charge on any atom is 0.137 e. The number of benzene rings is 1. The molecule has 2 nitrogen and oxygen atoms in total. The van der Waals surface area contributed by atoms with E-state index in [4.69, 9.17) is 16.3 Å². The maximum absolute atomic E-state index is 6.04. The van der Waals surface area contributed by atoms with Gasteiger partial charge in [0.2, 0.25) is 0 Å². The fourth-order valence-corrected chi connectivity index (χ4v) is 2.07. The smallest absolute Gasteiger partial charge is 0.137 e. The van der Waals surface area contributed by atoms with Crippen LogP contribution in [0, 0.1) is 0 Å². The van der Waals surface area contributed by atoms with Crippen LogP contribution in [-0.4, -0.2) is 13.2 Å². The molecule has 2 atom stereocenters. The summed E-state index contributed by atoms with van der Waals surface area (Å²) in [6, 6.07) is 7.05. The standard InChI is InChI=1S/C11H14ClNO/c1-7-5-10(13-7)8-3-4-11(14-2)9(12)6-8/h3-4,6-7,10,13H,5H2,1-2H3. The first-order valence-electron chi connectivity index (χ1n) is 4.80. The molecule has 1 aromatic carbocycles. The molecular weight excluding hydrogens is 198 g/mol. The van der Waals surface area contributed by atoms with Gasteiger partial charge in [0.15, 0.2) is 0 Å². The van der Waals surface area contributed by atoms with E-state index in [1.165, 1.54) is 12.0 Å². The van der Waals surface area contributed by atoms with E-state index in [1.54, 1.807) is 7.11 Å². The highest BCUT2D eigenvalue weighted by Crippen LogP contribution is 2.32. The number of rotatable bonds is 2. The number of hydrogen-bond acceptors (Lipinski definition) is 2. The van der Waals surface area contributed by atoms with Crippen molar-refractivity contribution in [2.75, 3.05) is 7.11 Å². The van der Waals surface area contributed by atoms with Gasteiger partial charge in [-0.3, -0.25) is 0 Å². The Balaban J connectivity index is 2.16. The largest absolute Gasteiger partial charge is 0.495 e. The Morgan fingerprint density at radius 2 is 2.21 bits per heavy atom. The van der Waals surface area contributed by atoms with Crippen LogP contribution in [0.4, 0.5) is 0 Å². The zero-order valence-electron chi connectivity index (χ0n) is 8.38. The van der Waals surface area contributed by atoms with Gasteiger partial charge in [-0.05, 0) is 31.0 Å². The topological polar surface area (TPSA) is 21.3 Å². The molecule has 3 heteroatoms. The van der Waals surface area contributed by atoms with Gasteiger partial charge in [-0.15, -0.1) is 0 Å². The molecule has 76 valence electrons. The lowest BCUT2D eigenvalue weighted by Gasteiger charge is -2.35. The molecule has 0 aliphatic carbocycles. The van der Waals surface area contributed by atoms with Gasteiger partial charge in [0.05, 0.1) is 12.1 Å². The van der Waals surface area contributed by atoms with Crippen LogP contribution in [0.3, 0.4) is 0 Å². The summed E-state index contributed by atoms with van der Waals surface area (Å²) in [6.07, 6.45) is 1.18. The van der Waals surface area contributed by atoms with Crippen LogP contribution in [0.15, 0.2) is 18.2 Å². The van der Waals surface area contributed by atoms with Crippen molar-refractivity contribution in [3.63, 3.8) is 0 Å². The lowest BCUT2D eigenvalue weighted by molar-refractivity contribution is 0.287. The third-order valence-electron chi connectivity index (χ3n) is 2.65. The number of hydrogen-bond donors (Lipinski definition) is 1. The predicted molar refractivity (Wildman–Crippen MR) is 58.0 cm³/mol. The van der Waals surface area contributed by atoms with E-state index in [0.717, 1.165) is 5.75 Å². The van der Waals surface area contributed by atoms with E-state index in [2.05, 4.69) is 18.3 Å². The van der Waals surface area contributed by atoms with Crippen molar-refractivity contribution >= 4 is 11.6 Å². The summed E-state index contributed by atoms with van der Waals surface area (Å²) in [4.78, 5) is 0. The summed E-state index contributed by atoms with van der Waals surface area (Å²) in [5.41, 5.74) is 1.24. The van der Waals surface area contributed by atoms with Crippen LogP contribution in [0.25, 0.3) is 0 Å². The Labute approximate surface area is 89.2 Å². The lowest BCUT2D eigenvalue weighted by atomic mass is 9.92. The minimum atomic E-state index is 0.466. The molecule has 14 heavy (non-hydrogen) atoms. The van der Waals surface area contributed by atoms with Crippen molar-refractivity contribution in [2.45, 2.75) is 25.4 Å². The second kappa shape index (κ2) is 3.79. The van der Waals surface area contributed by atoms with Crippen LogP contribution in [0.1, 0.15) is 24.9 Å². The van der Waals surface area contributed by atoms with Gasteiger partial charge in [-0.25, -0.2) is 0 Å². The SMILES string of the molecule is COc1ccc(C2CC(C)N2)cc1Cl. The fraction of sp³-hybridized carbons (Fsp3) is 0.455. The van der Waals surface area contributed by atoms with Crippen molar-refractivity contribution in [3.05, 3.63) is 28.8 Å². The third kappa shape index (κ3) is 1.72. The number of methoxy groups -OCH3 is 1. The number of nitrogens with one attached hydrogen (secondary N) is 1.